The fraction of sp³-hybridized carbons (Fsp3) is 0.857. The zero-order valence-electron chi connectivity index (χ0n) is 12.6. The van der Waals surface area contributed by atoms with Crippen molar-refractivity contribution in [2.75, 3.05) is 13.2 Å². The van der Waals surface area contributed by atoms with Gasteiger partial charge in [-0.05, 0) is 18.3 Å². The third-order valence-corrected chi connectivity index (χ3v) is 3.33. The first-order valence-corrected chi connectivity index (χ1v) is 7.00. The standard InChI is InChI=1S/C14H25NO5/c1-8(2)5-10(7-19-6-9(3)4)11-14(20-11,12(15)16)13(17)18/h8-11H,5-7H2,1-4H3,(H2,15,16)(H,17,18)/t10-,11?,14?/m0/s1. The van der Waals surface area contributed by atoms with Crippen molar-refractivity contribution in [1.29, 1.82) is 0 Å². The Balaban J connectivity index is 2.70. The Labute approximate surface area is 119 Å². The van der Waals surface area contributed by atoms with Gasteiger partial charge < -0.3 is 20.3 Å². The first-order valence-electron chi connectivity index (χ1n) is 7.00. The summed E-state index contributed by atoms with van der Waals surface area (Å²) in [7, 11) is 0. The number of carbonyl (C=O) groups excluding carboxylic acids is 1. The van der Waals surface area contributed by atoms with Gasteiger partial charge >= 0.3 is 5.97 Å². The molecule has 1 rings (SSSR count). The van der Waals surface area contributed by atoms with Crippen molar-refractivity contribution in [3.05, 3.63) is 0 Å². The zero-order valence-corrected chi connectivity index (χ0v) is 12.6. The molecule has 3 atom stereocenters. The molecule has 1 amide bonds. The molecule has 0 aromatic heterocycles. The van der Waals surface area contributed by atoms with Crippen molar-refractivity contribution in [3.8, 4) is 0 Å². The van der Waals surface area contributed by atoms with Gasteiger partial charge in [0.05, 0.1) is 6.61 Å². The van der Waals surface area contributed by atoms with Crippen molar-refractivity contribution in [1.82, 2.24) is 0 Å². The highest BCUT2D eigenvalue weighted by molar-refractivity contribution is 6.08. The summed E-state index contributed by atoms with van der Waals surface area (Å²) in [6, 6.07) is 0. The van der Waals surface area contributed by atoms with Crippen LogP contribution in [0.1, 0.15) is 34.1 Å². The van der Waals surface area contributed by atoms with E-state index in [-0.39, 0.29) is 5.92 Å². The van der Waals surface area contributed by atoms with Crippen LogP contribution in [0.5, 0.6) is 0 Å². The van der Waals surface area contributed by atoms with E-state index in [9.17, 15) is 14.7 Å². The lowest BCUT2D eigenvalue weighted by Gasteiger charge is -2.19. The van der Waals surface area contributed by atoms with Gasteiger partial charge in [-0.1, -0.05) is 27.7 Å². The second-order valence-electron chi connectivity index (χ2n) is 6.26. The van der Waals surface area contributed by atoms with Gasteiger partial charge in [0, 0.05) is 12.5 Å². The molecule has 116 valence electrons. The van der Waals surface area contributed by atoms with Crippen LogP contribution < -0.4 is 5.73 Å². The maximum Gasteiger partial charge on any atom is 0.348 e. The number of primary amides is 1. The minimum atomic E-state index is -1.86. The molecule has 2 unspecified atom stereocenters. The van der Waals surface area contributed by atoms with Gasteiger partial charge in [0.15, 0.2) is 0 Å². The summed E-state index contributed by atoms with van der Waals surface area (Å²) >= 11 is 0. The van der Waals surface area contributed by atoms with Gasteiger partial charge in [0.1, 0.15) is 6.10 Å². The van der Waals surface area contributed by atoms with Gasteiger partial charge in [0.2, 0.25) is 0 Å². The first kappa shape index (κ1) is 16.9. The van der Waals surface area contributed by atoms with Crippen LogP contribution in [0.15, 0.2) is 0 Å². The lowest BCUT2D eigenvalue weighted by atomic mass is 9.88. The van der Waals surface area contributed by atoms with E-state index < -0.39 is 23.6 Å². The number of hydrogen-bond donors (Lipinski definition) is 2. The fourth-order valence-electron chi connectivity index (χ4n) is 2.41. The number of carboxylic acid groups (broad SMARTS) is 1. The number of ether oxygens (including phenoxy) is 2. The maximum absolute atomic E-state index is 11.4. The van der Waals surface area contributed by atoms with Crippen LogP contribution in [0.2, 0.25) is 0 Å². The molecule has 0 radical (unpaired) electrons. The molecule has 6 heteroatoms. The van der Waals surface area contributed by atoms with E-state index >= 15 is 0 Å². The third-order valence-electron chi connectivity index (χ3n) is 3.33. The summed E-state index contributed by atoms with van der Waals surface area (Å²) in [6.45, 7) is 9.11. The molecule has 20 heavy (non-hydrogen) atoms. The molecule has 1 heterocycles. The smallest absolute Gasteiger partial charge is 0.348 e. The van der Waals surface area contributed by atoms with E-state index in [2.05, 4.69) is 0 Å². The van der Waals surface area contributed by atoms with Crippen LogP contribution in [0.25, 0.3) is 0 Å². The molecule has 1 aliphatic heterocycles. The Kier molecular flexibility index (Phi) is 5.53. The highest BCUT2D eigenvalue weighted by Crippen LogP contribution is 2.44. The molecule has 0 saturated carbocycles. The van der Waals surface area contributed by atoms with Crippen LogP contribution in [-0.2, 0) is 19.1 Å². The van der Waals surface area contributed by atoms with E-state index in [1.165, 1.54) is 0 Å². The zero-order chi connectivity index (χ0) is 15.5. The van der Waals surface area contributed by atoms with Crippen LogP contribution in [0, 0.1) is 17.8 Å². The molecule has 0 bridgehead atoms. The normalized spacial score (nSPS) is 26.8. The molecule has 1 aliphatic rings. The van der Waals surface area contributed by atoms with E-state index in [0.29, 0.717) is 25.0 Å². The summed E-state index contributed by atoms with van der Waals surface area (Å²) in [5, 5.41) is 9.17. The van der Waals surface area contributed by atoms with Crippen molar-refractivity contribution in [2.45, 2.75) is 45.8 Å². The molecule has 1 saturated heterocycles. The topological polar surface area (TPSA) is 102 Å². The van der Waals surface area contributed by atoms with Crippen LogP contribution in [0.3, 0.4) is 0 Å². The summed E-state index contributed by atoms with van der Waals surface area (Å²) in [4.78, 5) is 22.6. The Morgan fingerprint density at radius 3 is 2.20 bits per heavy atom. The predicted octanol–water partition coefficient (Wildman–Crippen LogP) is 1.03. The number of amides is 1. The molecular formula is C14H25NO5. The second-order valence-corrected chi connectivity index (χ2v) is 6.26. The van der Waals surface area contributed by atoms with E-state index in [1.54, 1.807) is 0 Å². The maximum atomic E-state index is 11.4. The molecular weight excluding hydrogens is 262 g/mol. The number of hydrogen-bond acceptors (Lipinski definition) is 4. The minimum absolute atomic E-state index is 0.141. The largest absolute Gasteiger partial charge is 0.479 e. The molecule has 0 aliphatic carbocycles. The predicted molar refractivity (Wildman–Crippen MR) is 73.0 cm³/mol. The van der Waals surface area contributed by atoms with Crippen LogP contribution in [-0.4, -0.2) is 41.9 Å². The van der Waals surface area contributed by atoms with Gasteiger partial charge in [-0.25, -0.2) is 4.79 Å². The number of nitrogens with two attached hydrogens (primary N) is 1. The summed E-state index contributed by atoms with van der Waals surface area (Å²) in [6.07, 6.45) is 0.0393. The number of carboxylic acids is 1. The average molecular weight is 287 g/mol. The Morgan fingerprint density at radius 1 is 1.25 bits per heavy atom. The van der Waals surface area contributed by atoms with Gasteiger partial charge in [0.25, 0.3) is 11.5 Å². The lowest BCUT2D eigenvalue weighted by molar-refractivity contribution is -0.147. The minimum Gasteiger partial charge on any atom is -0.479 e. The monoisotopic (exact) mass is 287 g/mol. The summed E-state index contributed by atoms with van der Waals surface area (Å²) in [5.41, 5.74) is 3.32. The molecule has 0 aromatic rings. The number of carbonyl (C=O) groups is 2. The van der Waals surface area contributed by atoms with Gasteiger partial charge in [-0.2, -0.15) is 0 Å². The molecule has 0 aromatic carbocycles. The molecule has 6 nitrogen and oxygen atoms in total. The number of rotatable bonds is 9. The van der Waals surface area contributed by atoms with Crippen molar-refractivity contribution < 1.29 is 24.2 Å². The Bertz CT molecular complexity index is 353. The molecule has 0 spiro atoms. The number of aliphatic carboxylic acids is 1. The average Bonchev–Trinajstić information content (AvgIpc) is 3.02. The Morgan fingerprint density at radius 2 is 1.85 bits per heavy atom. The quantitative estimate of drug-likeness (QED) is 0.487. The van der Waals surface area contributed by atoms with Gasteiger partial charge in [-0.15, -0.1) is 0 Å². The van der Waals surface area contributed by atoms with E-state index in [1.807, 2.05) is 27.7 Å². The SMILES string of the molecule is CC(C)COC[C@H](CC(C)C)C1OC1(C(N)=O)C(=O)O. The summed E-state index contributed by atoms with van der Waals surface area (Å²) < 4.78 is 10.8. The highest BCUT2D eigenvalue weighted by Gasteiger charge is 2.70. The lowest BCUT2D eigenvalue weighted by Crippen LogP contribution is -2.43. The highest BCUT2D eigenvalue weighted by atomic mass is 16.6. The number of epoxide rings is 1. The first-order chi connectivity index (χ1) is 9.21. The molecule has 1 fully saturated rings. The second kappa shape index (κ2) is 6.54. The van der Waals surface area contributed by atoms with E-state index in [4.69, 9.17) is 15.2 Å². The summed E-state index contributed by atoms with van der Waals surface area (Å²) in [5.74, 6) is -1.64. The van der Waals surface area contributed by atoms with Crippen molar-refractivity contribution >= 4 is 11.9 Å². The van der Waals surface area contributed by atoms with Gasteiger partial charge in [-0.3, -0.25) is 4.79 Å². The fourth-order valence-corrected chi connectivity index (χ4v) is 2.41. The molecule has 3 N–H and O–H groups in total. The van der Waals surface area contributed by atoms with E-state index in [0.717, 1.165) is 6.42 Å². The van der Waals surface area contributed by atoms with Crippen LogP contribution >= 0.6 is 0 Å². The Hall–Kier alpha value is -1.14. The third kappa shape index (κ3) is 3.70. The van der Waals surface area contributed by atoms with Crippen LogP contribution in [0.4, 0.5) is 0 Å². The van der Waals surface area contributed by atoms with Crippen molar-refractivity contribution in [3.63, 3.8) is 0 Å². The van der Waals surface area contributed by atoms with Crippen molar-refractivity contribution in [2.24, 2.45) is 23.5 Å².